The van der Waals surface area contributed by atoms with E-state index in [1.54, 1.807) is 0 Å². The van der Waals surface area contributed by atoms with Crippen LogP contribution in [0.5, 0.6) is 0 Å². The van der Waals surface area contributed by atoms with Gasteiger partial charge in [-0.25, -0.2) is 13.2 Å². The SMILES string of the molecule is CC(NC(=O)COC(=O)c1cc(S(=O)(=O)N2CCOCC2)c[nH]1)c1ccc2c(c1)CCCC2. The molecule has 1 aliphatic carbocycles. The quantitative estimate of drug-likeness (QED) is 0.591. The van der Waals surface area contributed by atoms with Crippen LogP contribution in [-0.2, 0) is 37.1 Å². The van der Waals surface area contributed by atoms with Crippen molar-refractivity contribution in [2.24, 2.45) is 0 Å². The first kappa shape index (κ1) is 23.5. The number of carbonyl (C=O) groups excluding carboxylic acids is 2. The van der Waals surface area contributed by atoms with Gasteiger partial charge in [-0.1, -0.05) is 18.2 Å². The highest BCUT2D eigenvalue weighted by Gasteiger charge is 2.28. The average molecular weight is 476 g/mol. The third-order valence-corrected chi connectivity index (χ3v) is 7.95. The number of morpholine rings is 1. The van der Waals surface area contributed by atoms with Gasteiger partial charge in [-0.3, -0.25) is 4.79 Å². The number of benzene rings is 1. The summed E-state index contributed by atoms with van der Waals surface area (Å²) in [5.74, 6) is -1.23. The molecule has 1 unspecified atom stereocenters. The molecular weight excluding hydrogens is 446 g/mol. The second-order valence-electron chi connectivity index (χ2n) is 8.37. The van der Waals surface area contributed by atoms with Gasteiger partial charge in [0.15, 0.2) is 6.61 Å². The summed E-state index contributed by atoms with van der Waals surface area (Å²) < 4.78 is 36.9. The first-order chi connectivity index (χ1) is 15.8. The first-order valence-corrected chi connectivity index (χ1v) is 12.6. The van der Waals surface area contributed by atoms with E-state index >= 15 is 0 Å². The first-order valence-electron chi connectivity index (χ1n) is 11.2. The summed E-state index contributed by atoms with van der Waals surface area (Å²) in [4.78, 5) is 27.2. The van der Waals surface area contributed by atoms with Crippen LogP contribution in [-0.4, -0.2) is 62.5 Å². The lowest BCUT2D eigenvalue weighted by atomic mass is 9.89. The zero-order valence-electron chi connectivity index (χ0n) is 18.6. The molecule has 1 fully saturated rings. The van der Waals surface area contributed by atoms with Gasteiger partial charge in [0, 0.05) is 19.3 Å². The van der Waals surface area contributed by atoms with Crippen LogP contribution >= 0.6 is 0 Å². The largest absolute Gasteiger partial charge is 0.451 e. The number of rotatable bonds is 7. The van der Waals surface area contributed by atoms with E-state index < -0.39 is 28.5 Å². The van der Waals surface area contributed by atoms with Crippen LogP contribution in [0.25, 0.3) is 0 Å². The lowest BCUT2D eigenvalue weighted by molar-refractivity contribution is -0.124. The number of esters is 1. The summed E-state index contributed by atoms with van der Waals surface area (Å²) in [6.45, 7) is 2.61. The van der Waals surface area contributed by atoms with Gasteiger partial charge in [0.1, 0.15) is 10.6 Å². The Bertz CT molecular complexity index is 1120. The molecule has 4 rings (SSSR count). The fourth-order valence-corrected chi connectivity index (χ4v) is 5.58. The molecule has 1 aromatic heterocycles. The van der Waals surface area contributed by atoms with E-state index in [-0.39, 0.29) is 29.7 Å². The number of nitrogens with zero attached hydrogens (tertiary/aromatic N) is 1. The summed E-state index contributed by atoms with van der Waals surface area (Å²) in [6, 6.07) is 7.29. The summed E-state index contributed by atoms with van der Waals surface area (Å²) in [7, 11) is -3.72. The fraction of sp³-hybridized carbons (Fsp3) is 0.478. The zero-order chi connectivity index (χ0) is 23.4. The van der Waals surface area contributed by atoms with Gasteiger partial charge in [-0.15, -0.1) is 0 Å². The van der Waals surface area contributed by atoms with Crippen LogP contribution < -0.4 is 5.32 Å². The molecule has 0 saturated carbocycles. The maximum Gasteiger partial charge on any atom is 0.355 e. The molecule has 0 spiro atoms. The van der Waals surface area contributed by atoms with Crippen molar-refractivity contribution in [3.63, 3.8) is 0 Å². The van der Waals surface area contributed by atoms with Crippen LogP contribution in [0.4, 0.5) is 0 Å². The van der Waals surface area contributed by atoms with Crippen molar-refractivity contribution in [3.05, 3.63) is 52.8 Å². The van der Waals surface area contributed by atoms with E-state index in [2.05, 4.69) is 22.4 Å². The summed E-state index contributed by atoms with van der Waals surface area (Å²) in [5.41, 5.74) is 3.69. The van der Waals surface area contributed by atoms with E-state index in [0.717, 1.165) is 18.4 Å². The molecule has 2 aromatic rings. The van der Waals surface area contributed by atoms with Gasteiger partial charge in [0.2, 0.25) is 10.0 Å². The second kappa shape index (κ2) is 10.1. The van der Waals surface area contributed by atoms with Crippen LogP contribution in [0.15, 0.2) is 35.4 Å². The normalized spacial score (nSPS) is 17.7. The molecule has 2 heterocycles. The van der Waals surface area contributed by atoms with Gasteiger partial charge >= 0.3 is 5.97 Å². The van der Waals surface area contributed by atoms with E-state index in [1.165, 1.54) is 40.5 Å². The van der Waals surface area contributed by atoms with Gasteiger partial charge in [0.25, 0.3) is 5.91 Å². The van der Waals surface area contributed by atoms with Gasteiger partial charge in [-0.05, 0) is 55.4 Å². The van der Waals surface area contributed by atoms with Crippen LogP contribution in [0.3, 0.4) is 0 Å². The number of hydrogen-bond donors (Lipinski definition) is 2. The molecule has 2 aliphatic rings. The summed E-state index contributed by atoms with van der Waals surface area (Å²) >= 11 is 0. The van der Waals surface area contributed by atoms with Gasteiger partial charge < -0.3 is 19.8 Å². The van der Waals surface area contributed by atoms with Gasteiger partial charge in [-0.2, -0.15) is 4.31 Å². The van der Waals surface area contributed by atoms with Gasteiger partial charge in [0.05, 0.1) is 19.3 Å². The minimum absolute atomic E-state index is 0.0261. The molecule has 9 nitrogen and oxygen atoms in total. The molecule has 10 heteroatoms. The number of fused-ring (bicyclic) bond motifs is 1. The number of H-pyrrole nitrogens is 1. The van der Waals surface area contributed by atoms with E-state index in [4.69, 9.17) is 9.47 Å². The van der Waals surface area contributed by atoms with Crippen LogP contribution in [0, 0.1) is 0 Å². The minimum Gasteiger partial charge on any atom is -0.451 e. The number of ether oxygens (including phenoxy) is 2. The Balaban J connectivity index is 1.30. The minimum atomic E-state index is -3.72. The Labute approximate surface area is 193 Å². The van der Waals surface area contributed by atoms with E-state index in [1.807, 2.05) is 13.0 Å². The number of nitrogens with one attached hydrogen (secondary N) is 2. The molecule has 0 radical (unpaired) electrons. The van der Waals surface area contributed by atoms with Crippen LogP contribution in [0.1, 0.15) is 53.0 Å². The average Bonchev–Trinajstić information content (AvgIpc) is 3.34. The smallest absolute Gasteiger partial charge is 0.355 e. The predicted molar refractivity (Wildman–Crippen MR) is 120 cm³/mol. The Morgan fingerprint density at radius 1 is 1.15 bits per heavy atom. The fourth-order valence-electron chi connectivity index (χ4n) is 4.18. The zero-order valence-corrected chi connectivity index (χ0v) is 19.4. The summed E-state index contributed by atoms with van der Waals surface area (Å²) in [6.07, 6.45) is 5.80. The molecular formula is C23H29N3O6S. The van der Waals surface area contributed by atoms with Crippen molar-refractivity contribution in [1.82, 2.24) is 14.6 Å². The molecule has 2 N–H and O–H groups in total. The Kier molecular flexibility index (Phi) is 7.16. The molecule has 0 bridgehead atoms. The molecule has 178 valence electrons. The van der Waals surface area contributed by atoms with E-state index in [0.29, 0.717) is 13.2 Å². The Morgan fingerprint density at radius 3 is 2.64 bits per heavy atom. The Hall–Kier alpha value is -2.69. The van der Waals surface area contributed by atoms with Crippen molar-refractivity contribution in [3.8, 4) is 0 Å². The molecule has 33 heavy (non-hydrogen) atoms. The number of aryl methyl sites for hydroxylation is 2. The lowest BCUT2D eigenvalue weighted by Gasteiger charge is -2.25. The second-order valence-corrected chi connectivity index (χ2v) is 10.3. The summed E-state index contributed by atoms with van der Waals surface area (Å²) in [5, 5.41) is 2.84. The third kappa shape index (κ3) is 5.45. The number of amides is 1. The molecule has 1 aliphatic heterocycles. The number of aromatic nitrogens is 1. The molecule has 1 amide bonds. The highest BCUT2D eigenvalue weighted by Crippen LogP contribution is 2.25. The van der Waals surface area contributed by atoms with Crippen molar-refractivity contribution in [2.75, 3.05) is 32.9 Å². The Morgan fingerprint density at radius 2 is 1.88 bits per heavy atom. The van der Waals surface area contributed by atoms with Crippen molar-refractivity contribution in [2.45, 2.75) is 43.5 Å². The molecule has 1 saturated heterocycles. The number of hydrogen-bond acceptors (Lipinski definition) is 6. The molecule has 1 atom stereocenters. The predicted octanol–water partition coefficient (Wildman–Crippen LogP) is 1.95. The van der Waals surface area contributed by atoms with Crippen molar-refractivity contribution in [1.29, 1.82) is 0 Å². The van der Waals surface area contributed by atoms with Crippen molar-refractivity contribution >= 4 is 21.9 Å². The maximum atomic E-state index is 12.7. The lowest BCUT2D eigenvalue weighted by Crippen LogP contribution is -2.40. The third-order valence-electron chi connectivity index (χ3n) is 6.07. The number of sulfonamides is 1. The van der Waals surface area contributed by atoms with Crippen LogP contribution in [0.2, 0.25) is 0 Å². The van der Waals surface area contributed by atoms with E-state index in [9.17, 15) is 18.0 Å². The highest BCUT2D eigenvalue weighted by molar-refractivity contribution is 7.89. The maximum absolute atomic E-state index is 12.7. The van der Waals surface area contributed by atoms with Crippen molar-refractivity contribution < 1.29 is 27.5 Å². The monoisotopic (exact) mass is 475 g/mol. The number of carbonyl (C=O) groups is 2. The molecule has 1 aromatic carbocycles. The highest BCUT2D eigenvalue weighted by atomic mass is 32.2. The number of aromatic amines is 1. The topological polar surface area (TPSA) is 118 Å². The standard InChI is InChI=1S/C23H29N3O6S/c1-16(18-7-6-17-4-2-3-5-19(17)12-18)25-22(27)15-32-23(28)21-13-20(14-24-21)33(29,30)26-8-10-31-11-9-26/h6-7,12-14,16,24H,2-5,8-11,15H2,1H3,(H,25,27).